The van der Waals surface area contributed by atoms with E-state index < -0.39 is 30.9 Å². The second-order valence-corrected chi connectivity index (χ2v) is 3.39. The van der Waals surface area contributed by atoms with Gasteiger partial charge in [0.1, 0.15) is 25.1 Å². The molecule has 0 aliphatic heterocycles. The normalized spacial score (nSPS) is 9.94. The van der Waals surface area contributed by atoms with Gasteiger partial charge in [-0.2, -0.15) is 0 Å². The first-order valence-corrected chi connectivity index (χ1v) is 4.68. The van der Waals surface area contributed by atoms with Crippen LogP contribution in [0.3, 0.4) is 0 Å². The maximum Gasteiger partial charge on any atom is 0.323 e. The summed E-state index contributed by atoms with van der Waals surface area (Å²) in [7, 11) is 0. The Kier molecular flexibility index (Phi) is 3.86. The van der Waals surface area contributed by atoms with Crippen molar-refractivity contribution >= 4 is 17.8 Å². The molecular weight excluding hydrogens is 230 g/mol. The minimum atomic E-state index is -1.28. The molecule has 1 amide bonds. The third kappa shape index (κ3) is 3.63. The molecule has 0 spiro atoms. The molecule has 0 aromatic carbocycles. The van der Waals surface area contributed by atoms with Crippen LogP contribution in [-0.4, -0.2) is 46.0 Å². The van der Waals surface area contributed by atoms with Crippen molar-refractivity contribution in [2.75, 3.05) is 13.1 Å². The zero-order valence-electron chi connectivity index (χ0n) is 9.04. The van der Waals surface area contributed by atoms with E-state index in [0.29, 0.717) is 5.76 Å². The molecule has 1 aromatic rings. The van der Waals surface area contributed by atoms with Crippen LogP contribution in [0.1, 0.15) is 16.1 Å². The Bertz CT molecular complexity index is 433. The first-order chi connectivity index (χ1) is 7.90. The van der Waals surface area contributed by atoms with Gasteiger partial charge in [-0.3, -0.25) is 14.4 Å². The van der Waals surface area contributed by atoms with Crippen molar-refractivity contribution in [1.82, 2.24) is 4.90 Å². The number of carboxylic acids is 2. The number of nitrogens with zero attached hydrogens (tertiary/aromatic N) is 1. The summed E-state index contributed by atoms with van der Waals surface area (Å²) < 4.78 is 4.90. The topological polar surface area (TPSA) is 108 Å². The van der Waals surface area contributed by atoms with Crippen LogP contribution in [0.15, 0.2) is 16.7 Å². The Morgan fingerprint density at radius 1 is 1.24 bits per heavy atom. The molecule has 0 atom stereocenters. The van der Waals surface area contributed by atoms with Gasteiger partial charge in [0.05, 0.1) is 5.56 Å². The van der Waals surface area contributed by atoms with Crippen LogP contribution in [0.25, 0.3) is 0 Å². The first-order valence-electron chi connectivity index (χ1n) is 4.68. The number of amides is 1. The van der Waals surface area contributed by atoms with Gasteiger partial charge in [-0.05, 0) is 13.0 Å². The van der Waals surface area contributed by atoms with Crippen LogP contribution in [0.2, 0.25) is 0 Å². The number of hydrogen-bond acceptors (Lipinski definition) is 4. The monoisotopic (exact) mass is 241 g/mol. The van der Waals surface area contributed by atoms with Gasteiger partial charge in [0.2, 0.25) is 0 Å². The standard InChI is InChI=1S/C10H11NO6/c1-6-2-7(5-17-6)10(16)11(3-8(12)13)4-9(14)15/h2,5H,3-4H2,1H3,(H,12,13)(H,14,15). The third-order valence-corrected chi connectivity index (χ3v) is 1.92. The van der Waals surface area contributed by atoms with E-state index in [9.17, 15) is 14.4 Å². The molecule has 0 fully saturated rings. The Balaban J connectivity index is 2.85. The maximum atomic E-state index is 11.8. The van der Waals surface area contributed by atoms with Gasteiger partial charge >= 0.3 is 11.9 Å². The summed E-state index contributed by atoms with van der Waals surface area (Å²) in [5.74, 6) is -2.76. The quantitative estimate of drug-likeness (QED) is 0.762. The van der Waals surface area contributed by atoms with Gasteiger partial charge < -0.3 is 19.5 Å². The highest BCUT2D eigenvalue weighted by Crippen LogP contribution is 2.09. The molecule has 0 bridgehead atoms. The van der Waals surface area contributed by atoms with E-state index in [0.717, 1.165) is 11.2 Å². The average Bonchev–Trinajstić information content (AvgIpc) is 2.61. The molecule has 1 heterocycles. The number of carboxylic acid groups (broad SMARTS) is 2. The van der Waals surface area contributed by atoms with E-state index in [1.165, 1.54) is 6.07 Å². The second-order valence-electron chi connectivity index (χ2n) is 3.39. The fourth-order valence-corrected chi connectivity index (χ4v) is 1.26. The number of hydrogen-bond donors (Lipinski definition) is 2. The molecule has 0 unspecified atom stereocenters. The summed E-state index contributed by atoms with van der Waals surface area (Å²) in [6.45, 7) is 0.278. The van der Waals surface area contributed by atoms with Crippen molar-refractivity contribution in [2.24, 2.45) is 0 Å². The van der Waals surface area contributed by atoms with E-state index >= 15 is 0 Å². The summed E-state index contributed by atoms with van der Waals surface area (Å²) in [5, 5.41) is 17.2. The third-order valence-electron chi connectivity index (χ3n) is 1.92. The number of furan rings is 1. The fourth-order valence-electron chi connectivity index (χ4n) is 1.26. The predicted molar refractivity (Wildman–Crippen MR) is 54.6 cm³/mol. The van der Waals surface area contributed by atoms with E-state index in [4.69, 9.17) is 14.6 Å². The lowest BCUT2D eigenvalue weighted by Gasteiger charge is -2.17. The maximum absolute atomic E-state index is 11.8. The van der Waals surface area contributed by atoms with Crippen molar-refractivity contribution < 1.29 is 29.0 Å². The van der Waals surface area contributed by atoms with Gasteiger partial charge in [-0.1, -0.05) is 0 Å². The molecule has 17 heavy (non-hydrogen) atoms. The second kappa shape index (κ2) is 5.15. The van der Waals surface area contributed by atoms with Crippen molar-refractivity contribution in [2.45, 2.75) is 6.92 Å². The van der Waals surface area contributed by atoms with Crippen LogP contribution in [0, 0.1) is 6.92 Å². The highest BCUT2D eigenvalue weighted by atomic mass is 16.4. The largest absolute Gasteiger partial charge is 0.480 e. The smallest absolute Gasteiger partial charge is 0.323 e. The molecule has 0 aliphatic rings. The first kappa shape index (κ1) is 12.8. The predicted octanol–water partition coefficient (Wildman–Crippen LogP) is 0.199. The van der Waals surface area contributed by atoms with E-state index in [-0.39, 0.29) is 5.56 Å². The molecule has 7 nitrogen and oxygen atoms in total. The summed E-state index contributed by atoms with van der Waals surface area (Å²) in [6.07, 6.45) is 1.16. The van der Waals surface area contributed by atoms with Crippen molar-refractivity contribution in [1.29, 1.82) is 0 Å². The summed E-state index contributed by atoms with van der Waals surface area (Å²) in [5.41, 5.74) is 0.130. The van der Waals surface area contributed by atoms with E-state index in [2.05, 4.69) is 0 Å². The molecular formula is C10H11NO6. The lowest BCUT2D eigenvalue weighted by atomic mass is 10.2. The zero-order valence-corrected chi connectivity index (χ0v) is 9.04. The number of rotatable bonds is 5. The lowest BCUT2D eigenvalue weighted by Crippen LogP contribution is -2.39. The minimum Gasteiger partial charge on any atom is -0.480 e. The molecule has 1 aromatic heterocycles. The highest BCUT2D eigenvalue weighted by molar-refractivity contribution is 5.97. The Morgan fingerprint density at radius 3 is 2.12 bits per heavy atom. The SMILES string of the molecule is Cc1cc(C(=O)N(CC(=O)O)CC(=O)O)co1. The number of carbonyl (C=O) groups excluding carboxylic acids is 1. The molecule has 0 radical (unpaired) electrons. The van der Waals surface area contributed by atoms with Gasteiger partial charge in [-0.25, -0.2) is 0 Å². The zero-order chi connectivity index (χ0) is 13.0. The van der Waals surface area contributed by atoms with E-state index in [1.54, 1.807) is 6.92 Å². The van der Waals surface area contributed by atoms with Crippen LogP contribution in [0.5, 0.6) is 0 Å². The Morgan fingerprint density at radius 2 is 1.76 bits per heavy atom. The Hall–Kier alpha value is -2.31. The van der Waals surface area contributed by atoms with Gasteiger partial charge in [0.25, 0.3) is 5.91 Å². The van der Waals surface area contributed by atoms with Crippen LogP contribution < -0.4 is 0 Å². The van der Waals surface area contributed by atoms with Gasteiger partial charge in [-0.15, -0.1) is 0 Å². The Labute approximate surface area is 96.2 Å². The summed E-state index contributed by atoms with van der Waals surface area (Å²) in [4.78, 5) is 33.5. The highest BCUT2D eigenvalue weighted by Gasteiger charge is 2.22. The van der Waals surface area contributed by atoms with Crippen LogP contribution in [0.4, 0.5) is 0 Å². The molecule has 1 rings (SSSR count). The van der Waals surface area contributed by atoms with Gasteiger partial charge in [0, 0.05) is 0 Å². The number of carbonyl (C=O) groups is 3. The summed E-state index contributed by atoms with van der Waals surface area (Å²) >= 11 is 0. The molecule has 92 valence electrons. The lowest BCUT2D eigenvalue weighted by molar-refractivity contribution is -0.140. The molecule has 0 saturated heterocycles. The van der Waals surface area contributed by atoms with Crippen molar-refractivity contribution in [3.63, 3.8) is 0 Å². The van der Waals surface area contributed by atoms with Crippen LogP contribution in [-0.2, 0) is 9.59 Å². The summed E-state index contributed by atoms with van der Waals surface area (Å²) in [6, 6.07) is 1.42. The molecule has 2 N–H and O–H groups in total. The van der Waals surface area contributed by atoms with Crippen LogP contribution >= 0.6 is 0 Å². The fraction of sp³-hybridized carbons (Fsp3) is 0.300. The minimum absolute atomic E-state index is 0.130. The van der Waals surface area contributed by atoms with Crippen molar-refractivity contribution in [3.05, 3.63) is 23.7 Å². The van der Waals surface area contributed by atoms with Gasteiger partial charge in [0.15, 0.2) is 0 Å². The number of aryl methyl sites for hydroxylation is 1. The number of aliphatic carboxylic acids is 2. The molecule has 7 heteroatoms. The van der Waals surface area contributed by atoms with Crippen molar-refractivity contribution in [3.8, 4) is 0 Å². The average molecular weight is 241 g/mol. The molecule has 0 aliphatic carbocycles. The molecule has 0 saturated carbocycles. The van der Waals surface area contributed by atoms with E-state index in [1.807, 2.05) is 0 Å².